The minimum absolute atomic E-state index is 0.0931. The second kappa shape index (κ2) is 7.95. The molecule has 8 heteroatoms. The number of benzene rings is 1. The molecule has 0 spiro atoms. The summed E-state index contributed by atoms with van der Waals surface area (Å²) in [5, 5.41) is 6.07. The van der Waals surface area contributed by atoms with E-state index < -0.39 is 12.0 Å². The van der Waals surface area contributed by atoms with Crippen molar-refractivity contribution in [3.8, 4) is 5.75 Å². The van der Waals surface area contributed by atoms with E-state index in [0.29, 0.717) is 29.4 Å². The Morgan fingerprint density at radius 1 is 1.35 bits per heavy atom. The lowest BCUT2D eigenvalue weighted by Crippen LogP contribution is -2.47. The van der Waals surface area contributed by atoms with E-state index >= 15 is 0 Å². The molecule has 2 saturated heterocycles. The van der Waals surface area contributed by atoms with Crippen LogP contribution in [0.5, 0.6) is 5.75 Å². The van der Waals surface area contributed by atoms with Crippen molar-refractivity contribution >= 4 is 35.0 Å². The summed E-state index contributed by atoms with van der Waals surface area (Å²) in [4.78, 5) is 38.6. The fourth-order valence-electron chi connectivity index (χ4n) is 3.36. The number of nitrogens with zero attached hydrogens (tertiary/aromatic N) is 1. The SMILES string of the molecule is COc1ccc(Cl)cc1N1CC(C(=O)NC2CCCCNC2=O)CC1=O. The molecular weight excluding hydrogens is 358 g/mol. The van der Waals surface area contributed by atoms with Crippen molar-refractivity contribution in [2.45, 2.75) is 31.7 Å². The molecule has 0 radical (unpaired) electrons. The molecule has 2 fully saturated rings. The molecule has 2 unspecified atom stereocenters. The highest BCUT2D eigenvalue weighted by molar-refractivity contribution is 6.31. The van der Waals surface area contributed by atoms with Crippen LogP contribution in [0.2, 0.25) is 5.02 Å². The number of methoxy groups -OCH3 is 1. The Morgan fingerprint density at radius 2 is 2.15 bits per heavy atom. The second-order valence-electron chi connectivity index (χ2n) is 6.57. The van der Waals surface area contributed by atoms with Gasteiger partial charge in [-0.3, -0.25) is 14.4 Å². The maximum absolute atomic E-state index is 12.6. The molecule has 2 heterocycles. The number of carbonyl (C=O) groups excluding carboxylic acids is 3. The van der Waals surface area contributed by atoms with Crippen molar-refractivity contribution in [2.24, 2.45) is 5.92 Å². The fourth-order valence-corrected chi connectivity index (χ4v) is 3.52. The third-order valence-electron chi connectivity index (χ3n) is 4.78. The van der Waals surface area contributed by atoms with Crippen LogP contribution in [0.1, 0.15) is 25.7 Å². The molecule has 0 bridgehead atoms. The maximum atomic E-state index is 12.6. The largest absolute Gasteiger partial charge is 0.495 e. The van der Waals surface area contributed by atoms with Gasteiger partial charge in [0.15, 0.2) is 0 Å². The predicted molar refractivity (Wildman–Crippen MR) is 97.3 cm³/mol. The Bertz CT molecular complexity index is 724. The first-order valence-electron chi connectivity index (χ1n) is 8.71. The summed E-state index contributed by atoms with van der Waals surface area (Å²) in [6.45, 7) is 0.866. The Balaban J connectivity index is 1.70. The van der Waals surface area contributed by atoms with Crippen molar-refractivity contribution in [3.05, 3.63) is 23.2 Å². The topological polar surface area (TPSA) is 87.7 Å². The first kappa shape index (κ1) is 18.5. The van der Waals surface area contributed by atoms with Gasteiger partial charge in [-0.25, -0.2) is 0 Å². The molecule has 140 valence electrons. The number of halogens is 1. The van der Waals surface area contributed by atoms with Gasteiger partial charge in [-0.15, -0.1) is 0 Å². The minimum atomic E-state index is -0.533. The van der Waals surface area contributed by atoms with Crippen LogP contribution in [-0.2, 0) is 14.4 Å². The van der Waals surface area contributed by atoms with E-state index in [1.807, 2.05) is 0 Å². The van der Waals surface area contributed by atoms with Gasteiger partial charge in [-0.05, 0) is 37.5 Å². The van der Waals surface area contributed by atoms with E-state index in [2.05, 4.69) is 10.6 Å². The summed E-state index contributed by atoms with van der Waals surface area (Å²) >= 11 is 6.04. The van der Waals surface area contributed by atoms with Crippen LogP contribution < -0.4 is 20.3 Å². The van der Waals surface area contributed by atoms with Crippen molar-refractivity contribution in [3.63, 3.8) is 0 Å². The molecule has 0 aliphatic carbocycles. The van der Waals surface area contributed by atoms with Crippen molar-refractivity contribution < 1.29 is 19.1 Å². The van der Waals surface area contributed by atoms with Crippen molar-refractivity contribution in [2.75, 3.05) is 25.1 Å². The molecule has 3 rings (SSSR count). The van der Waals surface area contributed by atoms with Crippen LogP contribution in [0.4, 0.5) is 5.69 Å². The summed E-state index contributed by atoms with van der Waals surface area (Å²) in [6, 6.07) is 4.49. The summed E-state index contributed by atoms with van der Waals surface area (Å²) < 4.78 is 5.30. The second-order valence-corrected chi connectivity index (χ2v) is 7.01. The van der Waals surface area contributed by atoms with Crippen molar-refractivity contribution in [1.82, 2.24) is 10.6 Å². The minimum Gasteiger partial charge on any atom is -0.495 e. The van der Waals surface area contributed by atoms with Crippen molar-refractivity contribution in [1.29, 1.82) is 0 Å². The molecule has 1 aromatic carbocycles. The number of rotatable bonds is 4. The predicted octanol–water partition coefficient (Wildman–Crippen LogP) is 1.49. The fraction of sp³-hybridized carbons (Fsp3) is 0.500. The molecular formula is C18H22ClN3O4. The monoisotopic (exact) mass is 379 g/mol. The zero-order chi connectivity index (χ0) is 18.7. The van der Waals surface area contributed by atoms with Crippen LogP contribution in [0.3, 0.4) is 0 Å². The van der Waals surface area contributed by atoms with E-state index in [9.17, 15) is 14.4 Å². The van der Waals surface area contributed by atoms with Gasteiger partial charge in [0.2, 0.25) is 17.7 Å². The molecule has 0 aromatic heterocycles. The molecule has 1 aromatic rings. The highest BCUT2D eigenvalue weighted by Gasteiger charge is 2.37. The number of anilines is 1. The van der Waals surface area contributed by atoms with Gasteiger partial charge in [0.05, 0.1) is 18.7 Å². The third kappa shape index (κ3) is 3.93. The van der Waals surface area contributed by atoms with Crippen LogP contribution >= 0.6 is 11.6 Å². The van der Waals surface area contributed by atoms with Gasteiger partial charge in [0.25, 0.3) is 0 Å². The first-order valence-corrected chi connectivity index (χ1v) is 9.09. The Kier molecular flexibility index (Phi) is 5.66. The maximum Gasteiger partial charge on any atom is 0.242 e. The van der Waals surface area contributed by atoms with E-state index in [-0.39, 0.29) is 30.7 Å². The third-order valence-corrected chi connectivity index (χ3v) is 5.01. The summed E-state index contributed by atoms with van der Waals surface area (Å²) in [5.41, 5.74) is 0.549. The number of ether oxygens (including phenoxy) is 1. The first-order chi connectivity index (χ1) is 12.5. The van der Waals surface area contributed by atoms with E-state index in [1.54, 1.807) is 18.2 Å². The zero-order valence-electron chi connectivity index (χ0n) is 14.6. The van der Waals surface area contributed by atoms with Crippen LogP contribution in [0.25, 0.3) is 0 Å². The number of hydrogen-bond acceptors (Lipinski definition) is 4. The quantitative estimate of drug-likeness (QED) is 0.829. The molecule has 2 aliphatic heterocycles. The lowest BCUT2D eigenvalue weighted by Gasteiger charge is -2.21. The Morgan fingerprint density at radius 3 is 2.92 bits per heavy atom. The lowest BCUT2D eigenvalue weighted by atomic mass is 10.1. The normalized spacial score (nSPS) is 23.4. The average Bonchev–Trinajstić information content (AvgIpc) is 2.90. The Hall–Kier alpha value is -2.28. The van der Waals surface area contributed by atoms with Gasteiger partial charge in [0, 0.05) is 24.5 Å². The number of nitrogens with one attached hydrogen (secondary N) is 2. The highest BCUT2D eigenvalue weighted by atomic mass is 35.5. The number of carbonyl (C=O) groups is 3. The van der Waals surface area contributed by atoms with E-state index in [1.165, 1.54) is 12.0 Å². The van der Waals surface area contributed by atoms with Gasteiger partial charge in [0.1, 0.15) is 11.8 Å². The smallest absolute Gasteiger partial charge is 0.242 e. The van der Waals surface area contributed by atoms with E-state index in [4.69, 9.17) is 16.3 Å². The van der Waals surface area contributed by atoms with Crippen LogP contribution in [0.15, 0.2) is 18.2 Å². The number of amides is 3. The lowest BCUT2D eigenvalue weighted by molar-refractivity contribution is -0.131. The molecule has 2 atom stereocenters. The van der Waals surface area contributed by atoms with E-state index in [0.717, 1.165) is 12.8 Å². The molecule has 26 heavy (non-hydrogen) atoms. The van der Waals surface area contributed by atoms with Crippen LogP contribution in [0, 0.1) is 5.92 Å². The highest BCUT2D eigenvalue weighted by Crippen LogP contribution is 2.35. The van der Waals surface area contributed by atoms with Gasteiger partial charge in [-0.2, -0.15) is 0 Å². The summed E-state index contributed by atoms with van der Waals surface area (Å²) in [6.07, 6.45) is 2.49. The Labute approximate surface area is 157 Å². The number of hydrogen-bond donors (Lipinski definition) is 2. The summed E-state index contributed by atoms with van der Waals surface area (Å²) in [5.74, 6) is -0.595. The van der Waals surface area contributed by atoms with Gasteiger partial charge >= 0.3 is 0 Å². The molecule has 0 saturated carbocycles. The molecule has 2 N–H and O–H groups in total. The summed E-state index contributed by atoms with van der Waals surface area (Å²) in [7, 11) is 1.52. The standard InChI is InChI=1S/C18H22ClN3O4/c1-26-15-6-5-12(19)9-14(15)22-10-11(8-16(22)23)17(24)21-13-4-2-3-7-20-18(13)25/h5-6,9,11,13H,2-4,7-8,10H2,1H3,(H,20,25)(H,21,24). The zero-order valence-corrected chi connectivity index (χ0v) is 15.3. The average molecular weight is 380 g/mol. The molecule has 2 aliphatic rings. The van der Waals surface area contributed by atoms with Crippen LogP contribution in [-0.4, -0.2) is 44.0 Å². The molecule has 3 amide bonds. The van der Waals surface area contributed by atoms with Gasteiger partial charge in [-0.1, -0.05) is 11.6 Å². The van der Waals surface area contributed by atoms with Gasteiger partial charge < -0.3 is 20.3 Å². The molecule has 7 nitrogen and oxygen atoms in total.